The van der Waals surface area contributed by atoms with Gasteiger partial charge in [-0.15, -0.1) is 0 Å². The van der Waals surface area contributed by atoms with Crippen molar-refractivity contribution >= 4 is 23.4 Å². The van der Waals surface area contributed by atoms with E-state index >= 15 is 0 Å². The average Bonchev–Trinajstić information content (AvgIpc) is 2.80. The molecule has 0 aromatic heterocycles. The molecule has 31 heavy (non-hydrogen) atoms. The van der Waals surface area contributed by atoms with Crippen LogP contribution in [0.15, 0.2) is 36.4 Å². The van der Waals surface area contributed by atoms with Gasteiger partial charge in [0.1, 0.15) is 0 Å². The van der Waals surface area contributed by atoms with Crippen LogP contribution in [0.25, 0.3) is 0 Å². The molecule has 0 fully saturated rings. The molecule has 2 aromatic carbocycles. The molecule has 0 radical (unpaired) electrons. The lowest BCUT2D eigenvalue weighted by Crippen LogP contribution is -2.41. The fraction of sp³-hybridized carbons (Fsp3) is 0.318. The van der Waals surface area contributed by atoms with Gasteiger partial charge in [-0.3, -0.25) is 25.2 Å². The standard InChI is InChI=1S/C22H27N3O6/c1-5-6-7-19(26)23-16-10-8-14(9-11-16)21(27)24-25-22(28)15-12-17(29-2)20(31-4)18(13-15)30-3/h8-13H,5-7H2,1-4H3,(H,23,26)(H,24,27)(H,25,28). The molecule has 0 spiro atoms. The first-order valence-corrected chi connectivity index (χ1v) is 9.74. The van der Waals surface area contributed by atoms with Crippen LogP contribution in [0.4, 0.5) is 5.69 Å². The van der Waals surface area contributed by atoms with Crippen LogP contribution in [-0.4, -0.2) is 39.1 Å². The predicted molar refractivity (Wildman–Crippen MR) is 116 cm³/mol. The fourth-order valence-corrected chi connectivity index (χ4v) is 2.74. The summed E-state index contributed by atoms with van der Waals surface area (Å²) >= 11 is 0. The second-order valence-electron chi connectivity index (χ2n) is 6.55. The number of rotatable bonds is 9. The molecule has 2 aromatic rings. The van der Waals surface area contributed by atoms with Crippen LogP contribution in [0.1, 0.15) is 46.9 Å². The molecular formula is C22H27N3O6. The molecule has 166 valence electrons. The van der Waals surface area contributed by atoms with E-state index in [1.54, 1.807) is 24.3 Å². The van der Waals surface area contributed by atoms with Gasteiger partial charge < -0.3 is 19.5 Å². The van der Waals surface area contributed by atoms with E-state index < -0.39 is 11.8 Å². The van der Waals surface area contributed by atoms with E-state index in [1.165, 1.54) is 33.5 Å². The van der Waals surface area contributed by atoms with Gasteiger partial charge in [-0.05, 0) is 42.8 Å². The van der Waals surface area contributed by atoms with Gasteiger partial charge in [0, 0.05) is 23.2 Å². The van der Waals surface area contributed by atoms with Crippen LogP contribution in [-0.2, 0) is 4.79 Å². The van der Waals surface area contributed by atoms with Crippen molar-refractivity contribution < 1.29 is 28.6 Å². The molecule has 0 aliphatic carbocycles. The van der Waals surface area contributed by atoms with E-state index in [-0.39, 0.29) is 11.5 Å². The van der Waals surface area contributed by atoms with Crippen molar-refractivity contribution in [3.8, 4) is 17.2 Å². The molecule has 0 saturated heterocycles. The maximum atomic E-state index is 12.5. The van der Waals surface area contributed by atoms with Gasteiger partial charge >= 0.3 is 0 Å². The lowest BCUT2D eigenvalue weighted by atomic mass is 10.1. The fourth-order valence-electron chi connectivity index (χ4n) is 2.74. The minimum absolute atomic E-state index is 0.0725. The zero-order valence-electron chi connectivity index (χ0n) is 18.0. The third-order valence-electron chi connectivity index (χ3n) is 4.40. The van der Waals surface area contributed by atoms with E-state index in [0.717, 1.165) is 12.8 Å². The maximum absolute atomic E-state index is 12.5. The van der Waals surface area contributed by atoms with Crippen molar-refractivity contribution in [3.63, 3.8) is 0 Å². The molecule has 0 atom stereocenters. The number of nitrogens with one attached hydrogen (secondary N) is 3. The third-order valence-corrected chi connectivity index (χ3v) is 4.40. The zero-order valence-corrected chi connectivity index (χ0v) is 18.0. The molecule has 9 nitrogen and oxygen atoms in total. The number of hydrazine groups is 1. The number of methoxy groups -OCH3 is 3. The first-order chi connectivity index (χ1) is 14.9. The van der Waals surface area contributed by atoms with Crippen molar-refractivity contribution in [2.24, 2.45) is 0 Å². The van der Waals surface area contributed by atoms with E-state index in [9.17, 15) is 14.4 Å². The smallest absolute Gasteiger partial charge is 0.269 e. The molecule has 0 aliphatic rings. The summed E-state index contributed by atoms with van der Waals surface area (Å²) in [5.74, 6) is -0.161. The Morgan fingerprint density at radius 3 is 1.84 bits per heavy atom. The predicted octanol–water partition coefficient (Wildman–Crippen LogP) is 2.92. The van der Waals surface area contributed by atoms with Crippen molar-refractivity contribution in [1.82, 2.24) is 10.9 Å². The van der Waals surface area contributed by atoms with E-state index in [0.29, 0.717) is 34.9 Å². The topological polar surface area (TPSA) is 115 Å². The number of benzene rings is 2. The molecule has 0 aliphatic heterocycles. The first-order valence-electron chi connectivity index (χ1n) is 9.74. The minimum atomic E-state index is -0.563. The Hall–Kier alpha value is -3.75. The number of carbonyl (C=O) groups is 3. The van der Waals surface area contributed by atoms with Crippen LogP contribution < -0.4 is 30.4 Å². The molecule has 2 rings (SSSR count). The Bertz CT molecular complexity index is 902. The summed E-state index contributed by atoms with van der Waals surface area (Å²) in [6, 6.07) is 9.30. The lowest BCUT2D eigenvalue weighted by Gasteiger charge is -2.14. The Kier molecular flexibility index (Phi) is 8.68. The molecular weight excluding hydrogens is 402 g/mol. The number of hydrogen-bond donors (Lipinski definition) is 3. The third kappa shape index (κ3) is 6.36. The number of carbonyl (C=O) groups excluding carboxylic acids is 3. The molecule has 0 saturated carbocycles. The van der Waals surface area contributed by atoms with Gasteiger partial charge in [-0.1, -0.05) is 13.3 Å². The van der Waals surface area contributed by atoms with Crippen LogP contribution in [0.3, 0.4) is 0 Å². The Morgan fingerprint density at radius 2 is 1.35 bits per heavy atom. The van der Waals surface area contributed by atoms with Gasteiger partial charge in [0.15, 0.2) is 11.5 Å². The molecule has 0 bridgehead atoms. The number of anilines is 1. The molecule has 0 heterocycles. The highest BCUT2D eigenvalue weighted by Gasteiger charge is 2.17. The molecule has 3 N–H and O–H groups in total. The summed E-state index contributed by atoms with van der Waals surface area (Å²) in [6.07, 6.45) is 2.21. The van der Waals surface area contributed by atoms with Gasteiger partial charge in [-0.2, -0.15) is 0 Å². The van der Waals surface area contributed by atoms with E-state index in [2.05, 4.69) is 16.2 Å². The van der Waals surface area contributed by atoms with Crippen molar-refractivity contribution in [3.05, 3.63) is 47.5 Å². The summed E-state index contributed by atoms with van der Waals surface area (Å²) in [7, 11) is 4.34. The summed E-state index contributed by atoms with van der Waals surface area (Å²) in [6.45, 7) is 2.01. The summed E-state index contributed by atoms with van der Waals surface area (Å²) in [5, 5.41) is 2.77. The highest BCUT2D eigenvalue weighted by molar-refractivity contribution is 6.00. The SMILES string of the molecule is CCCCC(=O)Nc1ccc(C(=O)NNC(=O)c2cc(OC)c(OC)c(OC)c2)cc1. The second-order valence-corrected chi connectivity index (χ2v) is 6.55. The van der Waals surface area contributed by atoms with Gasteiger partial charge in [0.2, 0.25) is 11.7 Å². The number of unbranched alkanes of at least 4 members (excludes halogenated alkanes) is 1. The quantitative estimate of drug-likeness (QED) is 0.528. The molecule has 3 amide bonds. The van der Waals surface area contributed by atoms with Crippen LogP contribution in [0.5, 0.6) is 17.2 Å². The van der Waals surface area contributed by atoms with E-state index in [4.69, 9.17) is 14.2 Å². The summed E-state index contributed by atoms with van der Waals surface area (Å²) in [5.41, 5.74) is 5.82. The Morgan fingerprint density at radius 1 is 0.806 bits per heavy atom. The number of hydrogen-bond acceptors (Lipinski definition) is 6. The van der Waals surface area contributed by atoms with Gasteiger partial charge in [0.25, 0.3) is 11.8 Å². The monoisotopic (exact) mass is 429 g/mol. The first kappa shape index (κ1) is 23.5. The second kappa shape index (κ2) is 11.4. The Balaban J connectivity index is 1.99. The number of ether oxygens (including phenoxy) is 3. The Labute approximate surface area is 181 Å². The van der Waals surface area contributed by atoms with Crippen LogP contribution in [0, 0.1) is 0 Å². The van der Waals surface area contributed by atoms with Gasteiger partial charge in [0.05, 0.1) is 21.3 Å². The van der Waals surface area contributed by atoms with Gasteiger partial charge in [-0.25, -0.2) is 0 Å². The highest BCUT2D eigenvalue weighted by Crippen LogP contribution is 2.38. The van der Waals surface area contributed by atoms with E-state index in [1.807, 2.05) is 6.92 Å². The van der Waals surface area contributed by atoms with Crippen molar-refractivity contribution in [2.75, 3.05) is 26.6 Å². The minimum Gasteiger partial charge on any atom is -0.493 e. The zero-order chi connectivity index (χ0) is 22.8. The van der Waals surface area contributed by atoms with Crippen LogP contribution in [0.2, 0.25) is 0 Å². The average molecular weight is 429 g/mol. The lowest BCUT2D eigenvalue weighted by molar-refractivity contribution is -0.116. The molecule has 0 unspecified atom stereocenters. The molecule has 9 heteroatoms. The van der Waals surface area contributed by atoms with Crippen molar-refractivity contribution in [1.29, 1.82) is 0 Å². The largest absolute Gasteiger partial charge is 0.493 e. The normalized spacial score (nSPS) is 10.1. The number of amides is 3. The summed E-state index contributed by atoms with van der Waals surface area (Å²) in [4.78, 5) is 36.5. The summed E-state index contributed by atoms with van der Waals surface area (Å²) < 4.78 is 15.7. The maximum Gasteiger partial charge on any atom is 0.269 e. The highest BCUT2D eigenvalue weighted by atomic mass is 16.5. The van der Waals surface area contributed by atoms with Crippen LogP contribution >= 0.6 is 0 Å². The van der Waals surface area contributed by atoms with Crippen molar-refractivity contribution in [2.45, 2.75) is 26.2 Å².